The highest BCUT2D eigenvalue weighted by molar-refractivity contribution is 5.76. The molecule has 0 spiro atoms. The predicted molar refractivity (Wildman–Crippen MR) is 73.7 cm³/mol. The van der Waals surface area contributed by atoms with Crippen LogP contribution in [-0.4, -0.2) is 41.5 Å². The van der Waals surface area contributed by atoms with Crippen LogP contribution in [0.3, 0.4) is 0 Å². The summed E-state index contributed by atoms with van der Waals surface area (Å²) < 4.78 is 0. The molecule has 0 saturated carbocycles. The second-order valence-corrected chi connectivity index (χ2v) is 5.62. The second-order valence-electron chi connectivity index (χ2n) is 5.62. The van der Waals surface area contributed by atoms with Crippen molar-refractivity contribution in [3.05, 3.63) is 30.1 Å². The smallest absolute Gasteiger partial charge is 0.222 e. The number of amides is 1. The molecule has 2 aliphatic heterocycles. The molecule has 0 bridgehead atoms. The number of pyridine rings is 1. The number of carbonyl (C=O) groups excluding carboxylic acids is 1. The molecule has 1 N–H and O–H groups in total. The Morgan fingerprint density at radius 3 is 3.21 bits per heavy atom. The van der Waals surface area contributed by atoms with E-state index in [2.05, 4.69) is 10.3 Å². The molecule has 3 heterocycles. The van der Waals surface area contributed by atoms with E-state index < -0.39 is 0 Å². The minimum atomic E-state index is 0.292. The van der Waals surface area contributed by atoms with Gasteiger partial charge in [-0.15, -0.1) is 0 Å². The molecular formula is C15H21N3O. The van der Waals surface area contributed by atoms with Crippen molar-refractivity contribution in [2.75, 3.05) is 19.6 Å². The summed E-state index contributed by atoms with van der Waals surface area (Å²) in [6.45, 7) is 2.96. The third kappa shape index (κ3) is 2.95. The minimum absolute atomic E-state index is 0.292. The molecule has 4 nitrogen and oxygen atoms in total. The van der Waals surface area contributed by atoms with E-state index in [1.807, 2.05) is 23.2 Å². The van der Waals surface area contributed by atoms with Gasteiger partial charge in [0.2, 0.25) is 5.91 Å². The van der Waals surface area contributed by atoms with Crippen LogP contribution in [0.25, 0.3) is 0 Å². The predicted octanol–water partition coefficient (Wildman–Crippen LogP) is 1.22. The lowest BCUT2D eigenvalue weighted by molar-refractivity contribution is -0.130. The van der Waals surface area contributed by atoms with Gasteiger partial charge in [-0.05, 0) is 43.4 Å². The lowest BCUT2D eigenvalue weighted by Gasteiger charge is -2.24. The molecule has 2 saturated heterocycles. The quantitative estimate of drug-likeness (QED) is 0.888. The molecule has 2 aliphatic rings. The Hall–Kier alpha value is -1.42. The van der Waals surface area contributed by atoms with Crippen LogP contribution >= 0.6 is 0 Å². The molecule has 0 radical (unpaired) electrons. The largest absolute Gasteiger partial charge is 0.341 e. The van der Waals surface area contributed by atoms with E-state index in [9.17, 15) is 4.79 Å². The van der Waals surface area contributed by atoms with Crippen molar-refractivity contribution in [1.82, 2.24) is 15.2 Å². The van der Waals surface area contributed by atoms with Crippen LogP contribution in [0.2, 0.25) is 0 Å². The van der Waals surface area contributed by atoms with Crippen molar-refractivity contribution in [3.8, 4) is 0 Å². The summed E-state index contributed by atoms with van der Waals surface area (Å²) in [6, 6.07) is 4.50. The van der Waals surface area contributed by atoms with Gasteiger partial charge < -0.3 is 10.2 Å². The number of nitrogens with zero attached hydrogens (tertiary/aromatic N) is 2. The zero-order valence-electron chi connectivity index (χ0n) is 11.2. The van der Waals surface area contributed by atoms with Gasteiger partial charge in [-0.2, -0.15) is 0 Å². The standard InChI is InChI=1S/C15H21N3O/c19-15(6-5-12-3-1-7-16-9-12)18-10-13-4-2-8-17-14(13)11-18/h1,3,7,9,13-14,17H,2,4-6,8,10-11H2/t13-,14+/m0/s1. The molecular weight excluding hydrogens is 238 g/mol. The SMILES string of the molecule is O=C(CCc1cccnc1)N1C[C@@H]2CCCN[C@@H]2C1. The van der Waals surface area contributed by atoms with Crippen LogP contribution < -0.4 is 5.32 Å². The fourth-order valence-electron chi connectivity index (χ4n) is 3.21. The Morgan fingerprint density at radius 1 is 1.47 bits per heavy atom. The van der Waals surface area contributed by atoms with Gasteiger partial charge in [0.15, 0.2) is 0 Å². The summed E-state index contributed by atoms with van der Waals surface area (Å²) in [5.41, 5.74) is 1.14. The summed E-state index contributed by atoms with van der Waals surface area (Å²) in [5, 5.41) is 3.54. The van der Waals surface area contributed by atoms with Crippen molar-refractivity contribution in [1.29, 1.82) is 0 Å². The van der Waals surface area contributed by atoms with E-state index in [0.717, 1.165) is 31.6 Å². The normalized spacial score (nSPS) is 26.2. The molecule has 4 heteroatoms. The van der Waals surface area contributed by atoms with Crippen LogP contribution in [-0.2, 0) is 11.2 Å². The first-order chi connectivity index (χ1) is 9.33. The second kappa shape index (κ2) is 5.70. The van der Waals surface area contributed by atoms with Crippen molar-refractivity contribution < 1.29 is 4.79 Å². The van der Waals surface area contributed by atoms with Gasteiger partial charge in [0.25, 0.3) is 0 Å². The van der Waals surface area contributed by atoms with Crippen LogP contribution in [0.1, 0.15) is 24.8 Å². The van der Waals surface area contributed by atoms with E-state index in [1.54, 1.807) is 6.20 Å². The highest BCUT2D eigenvalue weighted by Gasteiger charge is 2.35. The summed E-state index contributed by atoms with van der Waals surface area (Å²) in [5.74, 6) is 0.969. The van der Waals surface area contributed by atoms with Crippen molar-refractivity contribution >= 4 is 5.91 Å². The van der Waals surface area contributed by atoms with Gasteiger partial charge in [-0.25, -0.2) is 0 Å². The van der Waals surface area contributed by atoms with Gasteiger partial charge in [-0.3, -0.25) is 9.78 Å². The van der Waals surface area contributed by atoms with Gasteiger partial charge in [-0.1, -0.05) is 6.07 Å². The molecule has 2 atom stereocenters. The van der Waals surface area contributed by atoms with E-state index in [4.69, 9.17) is 0 Å². The minimum Gasteiger partial charge on any atom is -0.341 e. The maximum Gasteiger partial charge on any atom is 0.222 e. The molecule has 3 rings (SSSR count). The molecule has 0 unspecified atom stereocenters. The first kappa shape index (κ1) is 12.6. The Kier molecular flexibility index (Phi) is 3.78. The summed E-state index contributed by atoms with van der Waals surface area (Å²) in [6.07, 6.45) is 7.53. The van der Waals surface area contributed by atoms with E-state index >= 15 is 0 Å². The van der Waals surface area contributed by atoms with Crippen LogP contribution in [0, 0.1) is 5.92 Å². The molecule has 2 fully saturated rings. The Balaban J connectivity index is 1.51. The highest BCUT2D eigenvalue weighted by Crippen LogP contribution is 2.25. The van der Waals surface area contributed by atoms with Crippen molar-refractivity contribution in [2.45, 2.75) is 31.7 Å². The molecule has 19 heavy (non-hydrogen) atoms. The molecule has 1 amide bonds. The van der Waals surface area contributed by atoms with Crippen LogP contribution in [0.4, 0.5) is 0 Å². The van der Waals surface area contributed by atoms with Crippen LogP contribution in [0.15, 0.2) is 24.5 Å². The van der Waals surface area contributed by atoms with Crippen LogP contribution in [0.5, 0.6) is 0 Å². The number of nitrogens with one attached hydrogen (secondary N) is 1. The van der Waals surface area contributed by atoms with E-state index in [0.29, 0.717) is 24.3 Å². The topological polar surface area (TPSA) is 45.2 Å². The van der Waals surface area contributed by atoms with Crippen molar-refractivity contribution in [2.24, 2.45) is 5.92 Å². The van der Waals surface area contributed by atoms with E-state index in [1.165, 1.54) is 12.8 Å². The average molecular weight is 259 g/mol. The third-order valence-corrected chi connectivity index (χ3v) is 4.30. The first-order valence-corrected chi connectivity index (χ1v) is 7.23. The fraction of sp³-hybridized carbons (Fsp3) is 0.600. The summed E-state index contributed by atoms with van der Waals surface area (Å²) in [4.78, 5) is 18.4. The number of carbonyl (C=O) groups is 1. The Bertz CT molecular complexity index is 420. The molecule has 102 valence electrons. The molecule has 1 aromatic heterocycles. The lowest BCUT2D eigenvalue weighted by Crippen LogP contribution is -2.41. The van der Waals surface area contributed by atoms with Crippen molar-refractivity contribution in [3.63, 3.8) is 0 Å². The van der Waals surface area contributed by atoms with Gasteiger partial charge in [0, 0.05) is 37.9 Å². The van der Waals surface area contributed by atoms with Gasteiger partial charge in [0.1, 0.15) is 0 Å². The third-order valence-electron chi connectivity index (χ3n) is 4.30. The summed E-state index contributed by atoms with van der Waals surface area (Å²) in [7, 11) is 0. The number of fused-ring (bicyclic) bond motifs is 1. The number of rotatable bonds is 3. The number of hydrogen-bond donors (Lipinski definition) is 1. The maximum absolute atomic E-state index is 12.2. The zero-order chi connectivity index (χ0) is 13.1. The Labute approximate surface area is 114 Å². The number of hydrogen-bond acceptors (Lipinski definition) is 3. The van der Waals surface area contributed by atoms with Gasteiger partial charge >= 0.3 is 0 Å². The average Bonchev–Trinajstić information content (AvgIpc) is 2.90. The first-order valence-electron chi connectivity index (χ1n) is 7.23. The van der Waals surface area contributed by atoms with Gasteiger partial charge in [0.05, 0.1) is 0 Å². The molecule has 1 aromatic rings. The molecule has 0 aromatic carbocycles. The fourth-order valence-corrected chi connectivity index (χ4v) is 3.21. The number of aryl methyl sites for hydroxylation is 1. The van der Waals surface area contributed by atoms with E-state index in [-0.39, 0.29) is 0 Å². The number of aromatic nitrogens is 1. The Morgan fingerprint density at radius 2 is 2.42 bits per heavy atom. The highest BCUT2D eigenvalue weighted by atomic mass is 16.2. The summed E-state index contributed by atoms with van der Waals surface area (Å²) >= 11 is 0. The molecule has 0 aliphatic carbocycles. The number of likely N-dealkylation sites (tertiary alicyclic amines) is 1. The number of piperidine rings is 1. The monoisotopic (exact) mass is 259 g/mol. The maximum atomic E-state index is 12.2. The lowest BCUT2D eigenvalue weighted by atomic mass is 9.94. The zero-order valence-corrected chi connectivity index (χ0v) is 11.2.